The second-order valence-corrected chi connectivity index (χ2v) is 3.17. The predicted octanol–water partition coefficient (Wildman–Crippen LogP) is 1.59. The van der Waals surface area contributed by atoms with Crippen molar-refractivity contribution in [3.8, 4) is 0 Å². The van der Waals surface area contributed by atoms with Crippen LogP contribution < -0.4 is 0 Å². The number of hydrogen-bond donors (Lipinski definition) is 0. The first-order valence-corrected chi connectivity index (χ1v) is 5.78. The van der Waals surface area contributed by atoms with E-state index >= 15 is 0 Å². The van der Waals surface area contributed by atoms with Gasteiger partial charge in [-0.25, -0.2) is 0 Å². The van der Waals surface area contributed by atoms with Gasteiger partial charge in [-0.1, -0.05) is 27.7 Å². The van der Waals surface area contributed by atoms with Gasteiger partial charge in [0.25, 0.3) is 0 Å². The summed E-state index contributed by atoms with van der Waals surface area (Å²) < 4.78 is 0. The Morgan fingerprint density at radius 1 is 1.07 bits per heavy atom. The number of carbonyl (C=O) groups excluding carboxylic acids is 1. The van der Waals surface area contributed by atoms with E-state index in [9.17, 15) is 4.79 Å². The molecule has 0 spiro atoms. The van der Waals surface area contributed by atoms with E-state index in [2.05, 4.69) is 11.8 Å². The Morgan fingerprint density at radius 3 is 1.93 bits per heavy atom. The number of amides is 1. The molecule has 0 saturated carbocycles. The first kappa shape index (κ1) is 13.4. The first-order chi connectivity index (χ1) is 6.77. The van der Waals surface area contributed by atoms with Crippen LogP contribution in [0, 0.1) is 0 Å². The zero-order valence-electron chi connectivity index (χ0n) is 10.0. The monoisotopic (exact) mass is 200 g/mol. The third-order valence-corrected chi connectivity index (χ3v) is 2.47. The van der Waals surface area contributed by atoms with E-state index in [0.29, 0.717) is 12.3 Å². The third kappa shape index (κ3) is 4.09. The highest BCUT2D eigenvalue weighted by atomic mass is 16.2. The lowest BCUT2D eigenvalue weighted by Crippen LogP contribution is -2.48. The molecule has 3 nitrogen and oxygen atoms in total. The molecule has 84 valence electrons. The summed E-state index contributed by atoms with van der Waals surface area (Å²) in [6.07, 6.45) is 0.645. The van der Waals surface area contributed by atoms with Crippen LogP contribution in [-0.4, -0.2) is 48.4 Å². The van der Waals surface area contributed by atoms with Gasteiger partial charge in [0.2, 0.25) is 5.91 Å². The molecular formula is C11H24N2O. The molecule has 1 rings (SSSR count). The van der Waals surface area contributed by atoms with Crippen molar-refractivity contribution in [2.75, 3.05) is 32.7 Å². The first-order valence-electron chi connectivity index (χ1n) is 5.78. The van der Waals surface area contributed by atoms with Crippen molar-refractivity contribution in [1.29, 1.82) is 0 Å². The van der Waals surface area contributed by atoms with Crippen LogP contribution in [0.4, 0.5) is 0 Å². The molecule has 1 aliphatic heterocycles. The van der Waals surface area contributed by atoms with E-state index in [-0.39, 0.29) is 0 Å². The van der Waals surface area contributed by atoms with Gasteiger partial charge in [-0.15, -0.1) is 0 Å². The highest BCUT2D eigenvalue weighted by Crippen LogP contribution is 2.02. The van der Waals surface area contributed by atoms with Gasteiger partial charge in [0.05, 0.1) is 0 Å². The second-order valence-electron chi connectivity index (χ2n) is 3.17. The van der Waals surface area contributed by atoms with Crippen molar-refractivity contribution in [2.24, 2.45) is 0 Å². The van der Waals surface area contributed by atoms with Crippen LogP contribution in [0.5, 0.6) is 0 Å². The average Bonchev–Trinajstić information content (AvgIpc) is 2.31. The Balaban J connectivity index is 0.000000791. The molecule has 0 aromatic carbocycles. The molecule has 1 heterocycles. The summed E-state index contributed by atoms with van der Waals surface area (Å²) in [5.41, 5.74) is 0. The maximum absolute atomic E-state index is 11.3. The third-order valence-electron chi connectivity index (χ3n) is 2.47. The Labute approximate surface area is 88.1 Å². The van der Waals surface area contributed by atoms with Crippen molar-refractivity contribution in [2.45, 2.75) is 34.1 Å². The SMILES string of the molecule is CC.CCC(=O)N1CCN(CC)CC1. The van der Waals surface area contributed by atoms with Crippen molar-refractivity contribution in [1.82, 2.24) is 9.80 Å². The number of piperazine rings is 1. The summed E-state index contributed by atoms with van der Waals surface area (Å²) in [4.78, 5) is 15.6. The normalized spacial score (nSPS) is 17.3. The fourth-order valence-electron chi connectivity index (χ4n) is 1.54. The van der Waals surface area contributed by atoms with E-state index in [1.807, 2.05) is 25.7 Å². The molecule has 1 aliphatic rings. The molecule has 0 N–H and O–H groups in total. The zero-order chi connectivity index (χ0) is 11.0. The summed E-state index contributed by atoms with van der Waals surface area (Å²) >= 11 is 0. The molecule has 0 unspecified atom stereocenters. The van der Waals surface area contributed by atoms with Gasteiger partial charge >= 0.3 is 0 Å². The Morgan fingerprint density at radius 2 is 1.57 bits per heavy atom. The highest BCUT2D eigenvalue weighted by Gasteiger charge is 2.18. The molecule has 3 heteroatoms. The van der Waals surface area contributed by atoms with E-state index in [0.717, 1.165) is 32.7 Å². The summed E-state index contributed by atoms with van der Waals surface area (Å²) in [6.45, 7) is 13.1. The molecule has 1 fully saturated rings. The van der Waals surface area contributed by atoms with Crippen molar-refractivity contribution in [3.05, 3.63) is 0 Å². The Kier molecular flexibility index (Phi) is 7.48. The maximum Gasteiger partial charge on any atom is 0.222 e. The number of hydrogen-bond acceptors (Lipinski definition) is 2. The fraction of sp³-hybridized carbons (Fsp3) is 0.909. The van der Waals surface area contributed by atoms with E-state index in [1.165, 1.54) is 0 Å². The molecule has 0 bridgehead atoms. The zero-order valence-corrected chi connectivity index (χ0v) is 10.0. The van der Waals surface area contributed by atoms with Gasteiger partial charge in [-0.2, -0.15) is 0 Å². The van der Waals surface area contributed by atoms with Gasteiger partial charge in [-0.05, 0) is 6.54 Å². The van der Waals surface area contributed by atoms with E-state index in [1.54, 1.807) is 0 Å². The number of nitrogens with zero attached hydrogens (tertiary/aromatic N) is 2. The van der Waals surface area contributed by atoms with Crippen LogP contribution in [0.15, 0.2) is 0 Å². The van der Waals surface area contributed by atoms with Gasteiger partial charge in [0, 0.05) is 32.6 Å². The average molecular weight is 200 g/mol. The molecule has 1 saturated heterocycles. The lowest BCUT2D eigenvalue weighted by atomic mass is 10.3. The fourth-order valence-corrected chi connectivity index (χ4v) is 1.54. The van der Waals surface area contributed by atoms with Gasteiger partial charge in [-0.3, -0.25) is 4.79 Å². The van der Waals surface area contributed by atoms with Gasteiger partial charge < -0.3 is 9.80 Å². The quantitative estimate of drug-likeness (QED) is 0.676. The molecule has 0 radical (unpaired) electrons. The summed E-state index contributed by atoms with van der Waals surface area (Å²) in [6, 6.07) is 0. The maximum atomic E-state index is 11.3. The van der Waals surface area contributed by atoms with Crippen molar-refractivity contribution in [3.63, 3.8) is 0 Å². The van der Waals surface area contributed by atoms with Crippen molar-refractivity contribution < 1.29 is 4.79 Å². The standard InChI is InChI=1S/C9H18N2O.C2H6/c1-3-9(12)11-7-5-10(4-2)6-8-11;1-2/h3-8H2,1-2H3;1-2H3. The topological polar surface area (TPSA) is 23.6 Å². The Bertz CT molecular complexity index is 151. The van der Waals surface area contributed by atoms with Crippen LogP contribution in [0.1, 0.15) is 34.1 Å². The largest absolute Gasteiger partial charge is 0.340 e. The molecule has 0 aromatic heterocycles. The smallest absolute Gasteiger partial charge is 0.222 e. The minimum absolute atomic E-state index is 0.297. The summed E-state index contributed by atoms with van der Waals surface area (Å²) in [5, 5.41) is 0. The molecule has 1 amide bonds. The second kappa shape index (κ2) is 7.80. The van der Waals surface area contributed by atoms with Crippen LogP contribution in [0.25, 0.3) is 0 Å². The summed E-state index contributed by atoms with van der Waals surface area (Å²) in [7, 11) is 0. The molecule has 0 aromatic rings. The minimum Gasteiger partial charge on any atom is -0.340 e. The lowest BCUT2D eigenvalue weighted by molar-refractivity contribution is -0.132. The van der Waals surface area contributed by atoms with Crippen LogP contribution in [0.3, 0.4) is 0 Å². The number of carbonyl (C=O) groups is 1. The van der Waals surface area contributed by atoms with E-state index in [4.69, 9.17) is 0 Å². The van der Waals surface area contributed by atoms with Crippen LogP contribution in [0.2, 0.25) is 0 Å². The van der Waals surface area contributed by atoms with Gasteiger partial charge in [0.1, 0.15) is 0 Å². The highest BCUT2D eigenvalue weighted by molar-refractivity contribution is 5.75. The summed E-state index contributed by atoms with van der Waals surface area (Å²) in [5.74, 6) is 0.297. The van der Waals surface area contributed by atoms with Gasteiger partial charge in [0.15, 0.2) is 0 Å². The molecule has 0 atom stereocenters. The predicted molar refractivity (Wildman–Crippen MR) is 60.3 cm³/mol. The lowest BCUT2D eigenvalue weighted by Gasteiger charge is -2.33. The molecule has 14 heavy (non-hydrogen) atoms. The Hall–Kier alpha value is -0.570. The van der Waals surface area contributed by atoms with Crippen LogP contribution in [-0.2, 0) is 4.79 Å². The number of rotatable bonds is 2. The molecule has 0 aliphatic carbocycles. The number of likely N-dealkylation sites (N-methyl/N-ethyl adjacent to an activating group) is 1. The van der Waals surface area contributed by atoms with E-state index < -0.39 is 0 Å². The van der Waals surface area contributed by atoms with Crippen LogP contribution >= 0.6 is 0 Å². The van der Waals surface area contributed by atoms with Crippen molar-refractivity contribution >= 4 is 5.91 Å². The molecular weight excluding hydrogens is 176 g/mol. The minimum atomic E-state index is 0.297.